The number of thiophene rings is 1. The molecule has 3 rings (SSSR count). The predicted octanol–water partition coefficient (Wildman–Crippen LogP) is -4.57. The minimum absolute atomic E-state index is 0. The summed E-state index contributed by atoms with van der Waals surface area (Å²) in [6, 6.07) is 11.1. The van der Waals surface area contributed by atoms with Gasteiger partial charge in [0.25, 0.3) is 5.56 Å². The first-order valence-corrected chi connectivity index (χ1v) is 10.3. The van der Waals surface area contributed by atoms with Crippen LogP contribution in [0, 0.1) is 6.92 Å². The summed E-state index contributed by atoms with van der Waals surface area (Å²) in [4.78, 5) is 37.4. The summed E-state index contributed by atoms with van der Waals surface area (Å²) in [5, 5.41) is 27.9. The van der Waals surface area contributed by atoms with Crippen LogP contribution < -0.4 is 85.5 Å². The van der Waals surface area contributed by atoms with E-state index in [2.05, 4.69) is 10.6 Å². The smallest absolute Gasteiger partial charge is 0.871 e. The molecule has 2 N–H and O–H groups in total. The van der Waals surface area contributed by atoms with Crippen LogP contribution in [-0.4, -0.2) is 16.6 Å². The summed E-state index contributed by atoms with van der Waals surface area (Å²) in [7, 11) is 1.45. The zero-order valence-electron chi connectivity index (χ0n) is 19.0. The Labute approximate surface area is 239 Å². The normalized spacial score (nSPS) is 11.0. The van der Waals surface area contributed by atoms with Crippen LogP contribution in [0.2, 0.25) is 0 Å². The molecule has 1 aromatic carbocycles. The van der Waals surface area contributed by atoms with E-state index in [0.717, 1.165) is 26.6 Å². The second kappa shape index (κ2) is 13.3. The maximum Gasteiger partial charge on any atom is 1.00 e. The van der Waals surface area contributed by atoms with Crippen molar-refractivity contribution in [2.75, 3.05) is 5.32 Å². The third kappa shape index (κ3) is 7.99. The topological polar surface area (TPSA) is 126 Å². The van der Waals surface area contributed by atoms with Gasteiger partial charge in [-0.2, -0.15) is 0 Å². The summed E-state index contributed by atoms with van der Waals surface area (Å²) >= 11 is 1.38. The first-order chi connectivity index (χ1) is 14.7. The molecule has 1 atom stereocenters. The van der Waals surface area contributed by atoms with Gasteiger partial charge in [-0.3, -0.25) is 4.79 Å². The van der Waals surface area contributed by atoms with Crippen LogP contribution in [0.15, 0.2) is 53.5 Å². The zero-order valence-corrected chi connectivity index (χ0v) is 23.8. The molecule has 0 saturated carbocycles. The number of hydrogen-bond donors (Lipinski definition) is 2. The Hall–Kier alpha value is -1.59. The van der Waals surface area contributed by atoms with Crippen molar-refractivity contribution in [1.82, 2.24) is 9.88 Å². The van der Waals surface area contributed by atoms with E-state index in [1.165, 1.54) is 24.6 Å². The summed E-state index contributed by atoms with van der Waals surface area (Å²) in [6.07, 6.45) is 1.53. The molecule has 8 nitrogen and oxygen atoms in total. The van der Waals surface area contributed by atoms with Crippen molar-refractivity contribution in [2.24, 2.45) is 7.05 Å². The van der Waals surface area contributed by atoms with Crippen LogP contribution in [0.5, 0.6) is 5.75 Å². The molecule has 0 radical (unpaired) electrons. The number of aryl methyl sites for hydroxylation is 2. The molecule has 0 fully saturated rings. The fraction of sp³-hybridized carbons (Fsp3) is 0.227. The Morgan fingerprint density at radius 3 is 2.48 bits per heavy atom. The van der Waals surface area contributed by atoms with Crippen LogP contribution in [0.4, 0.5) is 10.5 Å². The molecule has 0 aliphatic heterocycles. The Balaban J connectivity index is 0.00000272. The average Bonchev–Trinajstić information content (AvgIpc) is 3.18. The van der Waals surface area contributed by atoms with Gasteiger partial charge >= 0.3 is 65.1 Å². The number of aliphatic carboxylic acids is 1. The second-order valence-corrected chi connectivity index (χ2v) is 8.31. The molecule has 0 aliphatic rings. The average molecular weight is 485 g/mol. The van der Waals surface area contributed by atoms with Gasteiger partial charge < -0.3 is 30.2 Å². The molecular formula is C22H21N3Na2O5S. The Morgan fingerprint density at radius 1 is 1.12 bits per heavy atom. The molecule has 0 bridgehead atoms. The molecule has 3 aromatic rings. The van der Waals surface area contributed by atoms with Gasteiger partial charge in [-0.1, -0.05) is 36.1 Å². The minimum atomic E-state index is -1.33. The fourth-order valence-electron chi connectivity index (χ4n) is 3.10. The zero-order chi connectivity index (χ0) is 22.5. The van der Waals surface area contributed by atoms with Crippen LogP contribution in [0.1, 0.15) is 33.3 Å². The number of nitrogens with zero attached hydrogens (tertiary/aromatic N) is 1. The quantitative estimate of drug-likeness (QED) is 0.326. The number of amides is 2. The van der Waals surface area contributed by atoms with Gasteiger partial charge in [-0.15, -0.1) is 11.3 Å². The summed E-state index contributed by atoms with van der Waals surface area (Å²) in [5.41, 5.74) is 1.25. The van der Waals surface area contributed by atoms with E-state index in [0.29, 0.717) is 11.3 Å². The number of hydrogen-bond acceptors (Lipinski definition) is 6. The number of benzene rings is 1. The Morgan fingerprint density at radius 2 is 1.82 bits per heavy atom. The largest absolute Gasteiger partial charge is 1.00 e. The first kappa shape index (κ1) is 29.4. The first-order valence-electron chi connectivity index (χ1n) is 9.51. The van der Waals surface area contributed by atoms with E-state index in [1.54, 1.807) is 6.07 Å². The molecule has 1 unspecified atom stereocenters. The summed E-state index contributed by atoms with van der Waals surface area (Å²) in [5.74, 6) is -1.97. The van der Waals surface area contributed by atoms with E-state index in [-0.39, 0.29) is 59.1 Å². The third-order valence-corrected chi connectivity index (χ3v) is 6.00. The van der Waals surface area contributed by atoms with E-state index < -0.39 is 41.5 Å². The fourth-order valence-corrected chi connectivity index (χ4v) is 4.18. The van der Waals surface area contributed by atoms with Gasteiger partial charge in [0.1, 0.15) is 5.69 Å². The monoisotopic (exact) mass is 485 g/mol. The standard InChI is InChI=1S/C22H23N3O5S.2Na/c1-13-5-3-4-6-14(13)11-15-7-8-18(31-15)16(12-19(27)28)23-22(30)24-20-17(26)9-10-25(2)21(20)29;;/h3-10,16,26H,11-12H2,1-2H3,(H,27,28)(H2,23,24,30);;/q;2*+1/p-2. The van der Waals surface area contributed by atoms with Gasteiger partial charge in [0.2, 0.25) is 0 Å². The van der Waals surface area contributed by atoms with Crippen LogP contribution in [0.3, 0.4) is 0 Å². The number of nitrogens with one attached hydrogen (secondary N) is 2. The Bertz CT molecular complexity index is 1180. The molecule has 0 spiro atoms. The van der Waals surface area contributed by atoms with E-state index >= 15 is 0 Å². The number of rotatable bonds is 7. The molecule has 162 valence electrons. The SMILES string of the molecule is Cc1ccccc1Cc1ccc(C(CC(=O)[O-])NC(=O)Nc2c([O-])ccn(C)c2=O)s1.[Na+].[Na+]. The van der Waals surface area contributed by atoms with Gasteiger partial charge in [-0.25, -0.2) is 4.79 Å². The van der Waals surface area contributed by atoms with Gasteiger partial charge in [0, 0.05) is 41.8 Å². The molecule has 2 aromatic heterocycles. The number of carboxylic acid groups (broad SMARTS) is 1. The van der Waals surface area contributed by atoms with Crippen LogP contribution in [-0.2, 0) is 18.3 Å². The molecule has 2 amide bonds. The van der Waals surface area contributed by atoms with Crippen LogP contribution >= 0.6 is 11.3 Å². The van der Waals surface area contributed by atoms with Crippen LogP contribution in [0.25, 0.3) is 0 Å². The number of carboxylic acids is 1. The number of pyridine rings is 1. The number of aromatic nitrogens is 1. The number of carbonyl (C=O) groups is 2. The summed E-state index contributed by atoms with van der Waals surface area (Å²) in [6.45, 7) is 2.02. The van der Waals surface area contributed by atoms with Crippen molar-refractivity contribution in [1.29, 1.82) is 0 Å². The number of carbonyl (C=O) groups excluding carboxylic acids is 2. The van der Waals surface area contributed by atoms with E-state index in [4.69, 9.17) is 0 Å². The maximum atomic E-state index is 12.4. The van der Waals surface area contributed by atoms with Gasteiger partial charge in [-0.05, 0) is 30.2 Å². The van der Waals surface area contributed by atoms with Gasteiger partial charge in [0.15, 0.2) is 0 Å². The predicted molar refractivity (Wildman–Crippen MR) is 114 cm³/mol. The van der Waals surface area contributed by atoms with Crippen molar-refractivity contribution in [3.63, 3.8) is 0 Å². The molecule has 2 heterocycles. The van der Waals surface area contributed by atoms with E-state index in [9.17, 15) is 24.6 Å². The maximum absolute atomic E-state index is 12.4. The number of anilines is 1. The van der Waals surface area contributed by atoms with Crippen molar-refractivity contribution in [2.45, 2.75) is 25.8 Å². The minimum Gasteiger partial charge on any atom is -0.871 e. The molecule has 0 aliphatic carbocycles. The van der Waals surface area contributed by atoms with Gasteiger partial charge in [0.05, 0.1) is 6.04 Å². The van der Waals surface area contributed by atoms with Crippen molar-refractivity contribution in [3.05, 3.63) is 79.9 Å². The molecule has 11 heteroatoms. The third-order valence-electron chi connectivity index (χ3n) is 4.80. The molecular weight excluding hydrogens is 464 g/mol. The van der Waals surface area contributed by atoms with Crippen molar-refractivity contribution >= 4 is 29.0 Å². The Kier molecular flexibility index (Phi) is 11.9. The number of urea groups is 1. The van der Waals surface area contributed by atoms with Crippen molar-refractivity contribution in [3.8, 4) is 5.75 Å². The van der Waals surface area contributed by atoms with E-state index in [1.807, 2.05) is 37.3 Å². The second-order valence-electron chi connectivity index (χ2n) is 7.11. The molecule has 0 saturated heterocycles. The van der Waals surface area contributed by atoms with Crippen molar-refractivity contribution < 1.29 is 78.9 Å². The summed E-state index contributed by atoms with van der Waals surface area (Å²) < 4.78 is 1.16. The molecule has 33 heavy (non-hydrogen) atoms.